The number of amides is 2. The zero-order chi connectivity index (χ0) is 32.5. The monoisotopic (exact) mass is 624 g/mol. The van der Waals surface area contributed by atoms with Gasteiger partial charge in [-0.15, -0.1) is 0 Å². The topological polar surface area (TPSA) is 141 Å². The normalized spacial score (nSPS) is 12.0. The van der Waals surface area contributed by atoms with Crippen molar-refractivity contribution in [3.05, 3.63) is 82.7 Å². The maximum Gasteiger partial charge on any atom is 0.399 e. The van der Waals surface area contributed by atoms with Crippen LogP contribution in [0.5, 0.6) is 5.75 Å². The van der Waals surface area contributed by atoms with E-state index in [9.17, 15) is 22.8 Å². The maximum absolute atomic E-state index is 13.7. The number of ether oxygens (including phenoxy) is 1. The second kappa shape index (κ2) is 12.0. The fourth-order valence-corrected chi connectivity index (χ4v) is 4.55. The van der Waals surface area contributed by atoms with Gasteiger partial charge in [0.05, 0.1) is 12.8 Å². The number of nitrogens with zero attached hydrogens (tertiary/aromatic N) is 5. The molecule has 15 heteroatoms. The third kappa shape index (κ3) is 6.18. The number of benzene rings is 2. The predicted molar refractivity (Wildman–Crippen MR) is 162 cm³/mol. The highest BCUT2D eigenvalue weighted by atomic mass is 19.4. The van der Waals surface area contributed by atoms with Crippen LogP contribution in [0.3, 0.4) is 0 Å². The number of fused-ring (bicyclic) bond motifs is 1. The number of anilines is 3. The molecule has 5 aromatic rings. The van der Waals surface area contributed by atoms with Crippen molar-refractivity contribution in [1.82, 2.24) is 24.3 Å². The van der Waals surface area contributed by atoms with E-state index in [1.54, 1.807) is 35.9 Å². The van der Waals surface area contributed by atoms with Crippen LogP contribution in [0.15, 0.2) is 70.2 Å². The van der Waals surface area contributed by atoms with Gasteiger partial charge in [-0.25, -0.2) is 19.6 Å². The van der Waals surface area contributed by atoms with E-state index in [-0.39, 0.29) is 23.3 Å². The Morgan fingerprint density at radius 1 is 1.02 bits per heavy atom. The second-order valence-corrected chi connectivity index (χ2v) is 11.0. The van der Waals surface area contributed by atoms with Crippen LogP contribution < -0.4 is 26.4 Å². The minimum atomic E-state index is -4.56. The quantitative estimate of drug-likeness (QED) is 0.175. The van der Waals surface area contributed by atoms with Gasteiger partial charge in [0, 0.05) is 24.3 Å². The van der Waals surface area contributed by atoms with Crippen molar-refractivity contribution < 1.29 is 27.2 Å². The summed E-state index contributed by atoms with van der Waals surface area (Å²) in [6.07, 6.45) is -3.16. The molecule has 0 fully saturated rings. The number of nitrogens with one attached hydrogen (secondary N) is 3. The summed E-state index contributed by atoms with van der Waals surface area (Å²) in [4.78, 5) is 35.1. The summed E-state index contributed by atoms with van der Waals surface area (Å²) in [6, 6.07) is 14.0. The molecule has 0 atom stereocenters. The summed E-state index contributed by atoms with van der Waals surface area (Å²) >= 11 is 0. The lowest BCUT2D eigenvalue weighted by atomic mass is 9.89. The van der Waals surface area contributed by atoms with Crippen molar-refractivity contribution >= 4 is 34.6 Å². The van der Waals surface area contributed by atoms with E-state index in [1.165, 1.54) is 10.9 Å². The molecule has 0 bridgehead atoms. The van der Waals surface area contributed by atoms with Gasteiger partial charge >= 0.3 is 17.9 Å². The molecule has 0 aliphatic heterocycles. The molecule has 0 saturated heterocycles. The molecule has 236 valence electrons. The molecule has 0 unspecified atom stereocenters. The Balaban J connectivity index is 1.38. The fraction of sp³-hybridized carbons (Fsp3) is 0.300. The van der Waals surface area contributed by atoms with E-state index < -0.39 is 17.6 Å². The summed E-state index contributed by atoms with van der Waals surface area (Å²) in [5.74, 6) is 0.937. The minimum Gasteiger partial charge on any atom is -0.497 e. The van der Waals surface area contributed by atoms with Gasteiger partial charge in [0.2, 0.25) is 5.88 Å². The molecule has 12 nitrogen and oxygen atoms in total. The summed E-state index contributed by atoms with van der Waals surface area (Å²) in [6.45, 7) is 6.11. The Morgan fingerprint density at radius 3 is 2.33 bits per heavy atom. The molecule has 45 heavy (non-hydrogen) atoms. The van der Waals surface area contributed by atoms with Crippen LogP contribution in [-0.2, 0) is 12.0 Å². The molecule has 0 aliphatic rings. The minimum absolute atomic E-state index is 0.200. The lowest BCUT2D eigenvalue weighted by Gasteiger charge is -2.24. The standard InChI is InChI=1S/C30H31F3N8O4/c1-17(2)40-26-24(25(35-16-36-26)34-15-18-6-12-21(44-5)13-7-18)41(28(40)43)20-10-8-19(9-11-20)37-27(42)38-23-14-22(39-45-23)29(3,4)30(31,32)33/h6-14,16-17H,15H2,1-5H3,(H,34,35,36)(H2,37,38,42). The van der Waals surface area contributed by atoms with Crippen LogP contribution in [0.25, 0.3) is 16.9 Å². The molecule has 2 aromatic carbocycles. The SMILES string of the molecule is COc1ccc(CNc2ncnc3c2n(-c2ccc(NC(=O)Nc4cc(C(C)(C)C(F)(F)F)no4)cc2)c(=O)n3C(C)C)cc1. The first kappa shape index (κ1) is 31.1. The molecule has 3 aromatic heterocycles. The average molecular weight is 625 g/mol. The highest BCUT2D eigenvalue weighted by Gasteiger charge is 2.50. The zero-order valence-electron chi connectivity index (χ0n) is 25.1. The van der Waals surface area contributed by atoms with Crippen molar-refractivity contribution in [2.45, 2.75) is 51.9 Å². The summed E-state index contributed by atoms with van der Waals surface area (Å²) in [5.41, 5.74) is -0.227. The molecule has 0 spiro atoms. The lowest BCUT2D eigenvalue weighted by Crippen LogP contribution is -2.36. The highest BCUT2D eigenvalue weighted by molar-refractivity contribution is 5.99. The van der Waals surface area contributed by atoms with Gasteiger partial charge in [-0.2, -0.15) is 13.2 Å². The summed E-state index contributed by atoms with van der Waals surface area (Å²) < 4.78 is 53.1. The van der Waals surface area contributed by atoms with E-state index >= 15 is 0 Å². The Morgan fingerprint density at radius 2 is 1.71 bits per heavy atom. The number of carbonyl (C=O) groups is 1. The molecule has 3 heterocycles. The summed E-state index contributed by atoms with van der Waals surface area (Å²) in [7, 11) is 1.60. The number of imidazole rings is 1. The van der Waals surface area contributed by atoms with E-state index in [0.29, 0.717) is 34.9 Å². The number of aromatic nitrogens is 5. The van der Waals surface area contributed by atoms with Crippen LogP contribution in [0, 0.1) is 0 Å². The van der Waals surface area contributed by atoms with Crippen LogP contribution in [-0.4, -0.2) is 43.6 Å². The smallest absolute Gasteiger partial charge is 0.399 e. The van der Waals surface area contributed by atoms with Gasteiger partial charge in [0.25, 0.3) is 0 Å². The number of rotatable bonds is 9. The second-order valence-electron chi connectivity index (χ2n) is 11.0. The van der Waals surface area contributed by atoms with Gasteiger partial charge < -0.3 is 19.9 Å². The Labute approximate surface area is 255 Å². The van der Waals surface area contributed by atoms with Gasteiger partial charge in [0.15, 0.2) is 11.5 Å². The average Bonchev–Trinajstić information content (AvgIpc) is 3.58. The van der Waals surface area contributed by atoms with Gasteiger partial charge in [-0.3, -0.25) is 14.5 Å². The maximum atomic E-state index is 13.7. The molecule has 0 saturated carbocycles. The summed E-state index contributed by atoms with van der Waals surface area (Å²) in [5, 5.41) is 11.7. The van der Waals surface area contributed by atoms with E-state index in [2.05, 4.69) is 31.1 Å². The number of hydrogen-bond donors (Lipinski definition) is 3. The van der Waals surface area contributed by atoms with Crippen molar-refractivity contribution in [3.63, 3.8) is 0 Å². The van der Waals surface area contributed by atoms with Crippen molar-refractivity contribution in [2.75, 3.05) is 23.1 Å². The highest BCUT2D eigenvalue weighted by Crippen LogP contribution is 2.40. The first-order valence-corrected chi connectivity index (χ1v) is 13.9. The molecule has 5 rings (SSSR count). The first-order chi connectivity index (χ1) is 21.3. The number of methoxy groups -OCH3 is 1. The van der Waals surface area contributed by atoms with E-state index in [4.69, 9.17) is 9.26 Å². The van der Waals surface area contributed by atoms with Crippen LogP contribution in [0.2, 0.25) is 0 Å². The molecule has 2 amide bonds. The van der Waals surface area contributed by atoms with Gasteiger partial charge in [-0.05, 0) is 69.7 Å². The molecule has 3 N–H and O–H groups in total. The van der Waals surface area contributed by atoms with Crippen LogP contribution in [0.4, 0.5) is 35.4 Å². The number of hydrogen-bond acceptors (Lipinski definition) is 8. The van der Waals surface area contributed by atoms with Gasteiger partial charge in [0.1, 0.15) is 28.7 Å². The zero-order valence-corrected chi connectivity index (χ0v) is 25.1. The van der Waals surface area contributed by atoms with Crippen molar-refractivity contribution in [2.24, 2.45) is 0 Å². The lowest BCUT2D eigenvalue weighted by molar-refractivity contribution is -0.181. The van der Waals surface area contributed by atoms with Crippen LogP contribution in [0.1, 0.15) is 45.0 Å². The fourth-order valence-electron chi connectivity index (χ4n) is 4.55. The number of urea groups is 1. The number of carbonyl (C=O) groups excluding carboxylic acids is 1. The van der Waals surface area contributed by atoms with Gasteiger partial charge in [-0.1, -0.05) is 17.3 Å². The molecular formula is C30H31F3N8O4. The molecule has 0 radical (unpaired) electrons. The van der Waals surface area contributed by atoms with Crippen molar-refractivity contribution in [1.29, 1.82) is 0 Å². The third-order valence-electron chi connectivity index (χ3n) is 7.27. The first-order valence-electron chi connectivity index (χ1n) is 13.9. The Kier molecular flexibility index (Phi) is 8.28. The molecular weight excluding hydrogens is 593 g/mol. The van der Waals surface area contributed by atoms with E-state index in [0.717, 1.165) is 31.2 Å². The van der Waals surface area contributed by atoms with Crippen LogP contribution >= 0.6 is 0 Å². The Bertz CT molecular complexity index is 1870. The Hall–Kier alpha value is -5.34. The third-order valence-corrected chi connectivity index (χ3v) is 7.27. The predicted octanol–water partition coefficient (Wildman–Crippen LogP) is 6.26. The number of alkyl halides is 3. The van der Waals surface area contributed by atoms with E-state index in [1.807, 2.05) is 38.1 Å². The largest absolute Gasteiger partial charge is 0.497 e. The molecule has 0 aliphatic carbocycles. The number of halogens is 3. The van der Waals surface area contributed by atoms with Crippen molar-refractivity contribution in [3.8, 4) is 11.4 Å².